The molecule has 34 heavy (non-hydrogen) atoms. The number of amides is 1. The highest BCUT2D eigenvalue weighted by Crippen LogP contribution is 2.30. The minimum Gasteiger partial charge on any atom is -0.489 e. The molecule has 2 heterocycles. The Balaban J connectivity index is 1.80. The van der Waals surface area contributed by atoms with Gasteiger partial charge >= 0.3 is 6.09 Å². The highest BCUT2D eigenvalue weighted by molar-refractivity contribution is 5.93. The topological polar surface area (TPSA) is 73.3 Å². The number of nitrogens with one attached hydrogen (secondary N) is 1. The first-order valence-corrected chi connectivity index (χ1v) is 11.5. The number of pyridine rings is 2. The molecule has 0 saturated heterocycles. The molecule has 1 aromatic carbocycles. The number of rotatable bonds is 7. The lowest BCUT2D eigenvalue weighted by Crippen LogP contribution is -2.52. The van der Waals surface area contributed by atoms with Crippen LogP contribution in [0.25, 0.3) is 22.2 Å². The Bertz CT molecular complexity index is 1170. The number of aromatic nitrogens is 2. The van der Waals surface area contributed by atoms with E-state index in [1.165, 1.54) is 12.1 Å². The molecule has 3 rings (SSSR count). The molecule has 0 aliphatic heterocycles. The van der Waals surface area contributed by atoms with Crippen molar-refractivity contribution >= 4 is 17.0 Å². The van der Waals surface area contributed by atoms with Crippen LogP contribution in [0.3, 0.4) is 0 Å². The molecule has 1 N–H and O–H groups in total. The Morgan fingerprint density at radius 2 is 1.85 bits per heavy atom. The van der Waals surface area contributed by atoms with Crippen LogP contribution in [0.1, 0.15) is 53.5 Å². The molecule has 3 aromatic rings. The van der Waals surface area contributed by atoms with E-state index in [1.54, 1.807) is 18.5 Å². The van der Waals surface area contributed by atoms with E-state index < -0.39 is 17.2 Å². The Morgan fingerprint density at radius 1 is 1.12 bits per heavy atom. The highest BCUT2D eigenvalue weighted by Gasteiger charge is 2.31. The predicted octanol–water partition coefficient (Wildman–Crippen LogP) is 6.45. The summed E-state index contributed by atoms with van der Waals surface area (Å²) >= 11 is 0. The Labute approximate surface area is 200 Å². The largest absolute Gasteiger partial charge is 0.489 e. The van der Waals surface area contributed by atoms with Crippen molar-refractivity contribution in [1.29, 1.82) is 0 Å². The van der Waals surface area contributed by atoms with Crippen molar-refractivity contribution in [2.45, 2.75) is 66.0 Å². The molecule has 1 unspecified atom stereocenters. The third-order valence-electron chi connectivity index (χ3n) is 5.25. The van der Waals surface area contributed by atoms with Gasteiger partial charge in [0.2, 0.25) is 0 Å². The summed E-state index contributed by atoms with van der Waals surface area (Å²) in [7, 11) is 0. The number of halogens is 1. The molecule has 7 heteroatoms. The summed E-state index contributed by atoms with van der Waals surface area (Å²) in [5.41, 5.74) is 1.89. The van der Waals surface area contributed by atoms with E-state index >= 15 is 0 Å². The Hall–Kier alpha value is -3.22. The van der Waals surface area contributed by atoms with Crippen LogP contribution in [-0.2, 0) is 4.74 Å². The first-order valence-electron chi connectivity index (χ1n) is 11.5. The van der Waals surface area contributed by atoms with E-state index in [-0.39, 0.29) is 12.4 Å². The molecular weight excluding hydrogens is 433 g/mol. The quantitative estimate of drug-likeness (QED) is 0.432. The number of hydrogen-bond acceptors (Lipinski definition) is 5. The van der Waals surface area contributed by atoms with Gasteiger partial charge in [-0.3, -0.25) is 9.97 Å². The monoisotopic (exact) mass is 467 g/mol. The molecule has 2 aromatic heterocycles. The number of ether oxygens (including phenoxy) is 2. The summed E-state index contributed by atoms with van der Waals surface area (Å²) in [6, 6.07) is 8.27. The Morgan fingerprint density at radius 3 is 2.50 bits per heavy atom. The molecule has 6 nitrogen and oxygen atoms in total. The number of carbonyl (C=O) groups excluding carboxylic acids is 1. The van der Waals surface area contributed by atoms with Crippen molar-refractivity contribution in [3.05, 3.63) is 54.1 Å². The number of nitrogens with zero attached hydrogens (tertiary/aromatic N) is 2. The van der Waals surface area contributed by atoms with Crippen molar-refractivity contribution in [1.82, 2.24) is 15.3 Å². The van der Waals surface area contributed by atoms with Gasteiger partial charge in [-0.1, -0.05) is 13.8 Å². The van der Waals surface area contributed by atoms with Gasteiger partial charge in [0.1, 0.15) is 23.8 Å². The lowest BCUT2D eigenvalue weighted by molar-refractivity contribution is 0.0407. The number of aryl methyl sites for hydroxylation is 1. The molecule has 182 valence electrons. The van der Waals surface area contributed by atoms with Gasteiger partial charge in [-0.2, -0.15) is 0 Å². The van der Waals surface area contributed by atoms with Gasteiger partial charge in [-0.05, 0) is 82.9 Å². The summed E-state index contributed by atoms with van der Waals surface area (Å²) in [5.74, 6) is 0.639. The fourth-order valence-corrected chi connectivity index (χ4v) is 4.02. The van der Waals surface area contributed by atoms with Crippen LogP contribution in [0.5, 0.6) is 5.75 Å². The average molecular weight is 468 g/mol. The summed E-state index contributed by atoms with van der Waals surface area (Å²) in [6.07, 6.45) is 3.60. The maximum absolute atomic E-state index is 13.9. The first-order chi connectivity index (χ1) is 15.8. The fourth-order valence-electron chi connectivity index (χ4n) is 4.02. The number of carbonyl (C=O) groups is 1. The number of fused-ring (bicyclic) bond motifs is 1. The zero-order valence-corrected chi connectivity index (χ0v) is 21.0. The van der Waals surface area contributed by atoms with Crippen LogP contribution in [0.2, 0.25) is 0 Å². The van der Waals surface area contributed by atoms with Gasteiger partial charge in [0.25, 0.3) is 0 Å². The van der Waals surface area contributed by atoms with Crippen molar-refractivity contribution in [2.24, 2.45) is 5.92 Å². The standard InChI is InChI=1S/C27H34FN3O3/c1-17(2)14-27(7,31-25(32)34-26(4,5)6)16-33-24-15-30-23(12-18(24)3)20-10-11-29-22-9-8-19(28)13-21(20)22/h8-13,15,17H,14,16H2,1-7H3,(H,31,32). The first kappa shape index (κ1) is 25.4. The van der Waals surface area contributed by atoms with E-state index in [2.05, 4.69) is 29.1 Å². The van der Waals surface area contributed by atoms with Crippen LogP contribution < -0.4 is 10.1 Å². The van der Waals surface area contributed by atoms with Crippen LogP contribution in [-0.4, -0.2) is 33.8 Å². The second-order valence-electron chi connectivity index (χ2n) is 10.4. The third-order valence-corrected chi connectivity index (χ3v) is 5.25. The zero-order chi connectivity index (χ0) is 25.1. The van der Waals surface area contributed by atoms with E-state index in [9.17, 15) is 9.18 Å². The van der Waals surface area contributed by atoms with E-state index in [0.717, 1.165) is 11.1 Å². The normalized spacial score (nSPS) is 13.6. The number of alkyl carbamates (subject to hydrolysis) is 1. The third kappa shape index (κ3) is 6.65. The molecule has 0 aliphatic rings. The second kappa shape index (κ2) is 9.95. The molecule has 0 saturated carbocycles. The van der Waals surface area contributed by atoms with Crippen LogP contribution >= 0.6 is 0 Å². The number of benzene rings is 1. The van der Waals surface area contributed by atoms with Gasteiger partial charge < -0.3 is 14.8 Å². The molecule has 0 aliphatic carbocycles. The zero-order valence-electron chi connectivity index (χ0n) is 21.0. The van der Waals surface area contributed by atoms with Gasteiger partial charge in [0.15, 0.2) is 0 Å². The van der Waals surface area contributed by atoms with Gasteiger partial charge in [0, 0.05) is 17.1 Å². The minimum atomic E-state index is -0.625. The number of hydrogen-bond donors (Lipinski definition) is 1. The fraction of sp³-hybridized carbons (Fsp3) is 0.444. The molecule has 0 fully saturated rings. The summed E-state index contributed by atoms with van der Waals surface area (Å²) in [4.78, 5) is 21.3. The van der Waals surface area contributed by atoms with Gasteiger partial charge in [-0.15, -0.1) is 0 Å². The molecule has 0 spiro atoms. The van der Waals surface area contributed by atoms with Crippen LogP contribution in [0.4, 0.5) is 9.18 Å². The summed E-state index contributed by atoms with van der Waals surface area (Å²) in [6.45, 7) is 13.8. The average Bonchev–Trinajstić information content (AvgIpc) is 2.70. The maximum Gasteiger partial charge on any atom is 0.408 e. The predicted molar refractivity (Wildman–Crippen MR) is 132 cm³/mol. The minimum absolute atomic E-state index is 0.260. The summed E-state index contributed by atoms with van der Waals surface area (Å²) in [5, 5.41) is 3.69. The molecule has 0 bridgehead atoms. The Kier molecular flexibility index (Phi) is 7.44. The van der Waals surface area contributed by atoms with E-state index in [0.29, 0.717) is 34.7 Å². The molecule has 1 amide bonds. The van der Waals surface area contributed by atoms with Crippen LogP contribution in [0.15, 0.2) is 42.7 Å². The van der Waals surface area contributed by atoms with Crippen molar-refractivity contribution < 1.29 is 18.7 Å². The van der Waals surface area contributed by atoms with Crippen molar-refractivity contribution in [3.8, 4) is 17.0 Å². The molecule has 1 atom stereocenters. The van der Waals surface area contributed by atoms with Crippen LogP contribution in [0, 0.1) is 18.7 Å². The van der Waals surface area contributed by atoms with Gasteiger partial charge in [0.05, 0.1) is 22.9 Å². The maximum atomic E-state index is 13.9. The SMILES string of the molecule is Cc1cc(-c2ccnc3ccc(F)cc23)ncc1OCC(C)(CC(C)C)NC(=O)OC(C)(C)C. The van der Waals surface area contributed by atoms with E-state index in [1.807, 2.05) is 46.8 Å². The van der Waals surface area contributed by atoms with Gasteiger partial charge in [-0.25, -0.2) is 9.18 Å². The summed E-state index contributed by atoms with van der Waals surface area (Å²) < 4.78 is 25.4. The van der Waals surface area contributed by atoms with Crippen molar-refractivity contribution in [2.75, 3.05) is 6.61 Å². The molecular formula is C27H34FN3O3. The van der Waals surface area contributed by atoms with Crippen molar-refractivity contribution in [3.63, 3.8) is 0 Å². The smallest absolute Gasteiger partial charge is 0.408 e. The molecule has 0 radical (unpaired) electrons. The lowest BCUT2D eigenvalue weighted by Gasteiger charge is -2.33. The highest BCUT2D eigenvalue weighted by atomic mass is 19.1. The van der Waals surface area contributed by atoms with E-state index in [4.69, 9.17) is 9.47 Å². The second-order valence-corrected chi connectivity index (χ2v) is 10.4. The lowest BCUT2D eigenvalue weighted by atomic mass is 9.91.